The quantitative estimate of drug-likeness (QED) is 0.257. The minimum absolute atomic E-state index is 0.0927. The van der Waals surface area contributed by atoms with Crippen LogP contribution in [0.25, 0.3) is 33.2 Å². The number of nitrogens with two attached hydrogens (primary N) is 1. The fourth-order valence-electron chi connectivity index (χ4n) is 4.70. The smallest absolute Gasteiger partial charge is 0.231 e. The van der Waals surface area contributed by atoms with Gasteiger partial charge in [-0.15, -0.1) is 0 Å². The van der Waals surface area contributed by atoms with E-state index in [1.54, 1.807) is 25.4 Å². The first kappa shape index (κ1) is 26.7. The highest BCUT2D eigenvalue weighted by Gasteiger charge is 2.23. The molecule has 0 spiro atoms. The summed E-state index contributed by atoms with van der Waals surface area (Å²) in [7, 11) is -1.95. The van der Waals surface area contributed by atoms with E-state index in [-0.39, 0.29) is 12.2 Å². The van der Waals surface area contributed by atoms with E-state index in [1.807, 2.05) is 36.4 Å². The molecule has 0 saturated carbocycles. The SMILES string of the molecule is Cn1nc(NS(C)(=O)=O)c2c(Cl)ccc(-c3cc(-c4ccccc4)cnc3[C@@H](N)Cc3cc(F)cc(F)c3)c21. The summed E-state index contributed by atoms with van der Waals surface area (Å²) in [6.45, 7) is 0. The molecule has 0 amide bonds. The Balaban J connectivity index is 1.72. The maximum Gasteiger partial charge on any atom is 0.231 e. The van der Waals surface area contributed by atoms with Gasteiger partial charge in [0.2, 0.25) is 10.0 Å². The molecule has 5 aromatic rings. The van der Waals surface area contributed by atoms with Crippen molar-refractivity contribution in [3.63, 3.8) is 0 Å². The van der Waals surface area contributed by atoms with E-state index in [0.717, 1.165) is 23.4 Å². The molecule has 0 aliphatic carbocycles. The van der Waals surface area contributed by atoms with Gasteiger partial charge in [0.05, 0.1) is 33.9 Å². The molecule has 0 fully saturated rings. The van der Waals surface area contributed by atoms with E-state index in [2.05, 4.69) is 9.82 Å². The number of nitrogens with one attached hydrogen (secondary N) is 1. The Labute approximate surface area is 229 Å². The molecule has 3 N–H and O–H groups in total. The number of anilines is 1. The fraction of sp³-hybridized carbons (Fsp3) is 0.143. The topological polar surface area (TPSA) is 103 Å². The number of benzene rings is 3. The highest BCUT2D eigenvalue weighted by molar-refractivity contribution is 7.92. The molecule has 39 heavy (non-hydrogen) atoms. The minimum atomic E-state index is -3.63. The van der Waals surface area contributed by atoms with E-state index in [1.165, 1.54) is 16.8 Å². The van der Waals surface area contributed by atoms with Crippen LogP contribution in [0.2, 0.25) is 5.02 Å². The lowest BCUT2D eigenvalue weighted by molar-refractivity contribution is 0.575. The van der Waals surface area contributed by atoms with Crippen molar-refractivity contribution in [2.24, 2.45) is 12.8 Å². The van der Waals surface area contributed by atoms with Crippen molar-refractivity contribution < 1.29 is 17.2 Å². The molecule has 2 heterocycles. The Morgan fingerprint density at radius 1 is 1.00 bits per heavy atom. The number of hydrogen-bond acceptors (Lipinski definition) is 5. The fourth-order valence-corrected chi connectivity index (χ4v) is 5.43. The number of rotatable bonds is 7. The van der Waals surface area contributed by atoms with Gasteiger partial charge < -0.3 is 5.73 Å². The van der Waals surface area contributed by atoms with E-state index in [9.17, 15) is 17.2 Å². The first-order valence-corrected chi connectivity index (χ1v) is 14.2. The van der Waals surface area contributed by atoms with Crippen LogP contribution in [0.5, 0.6) is 0 Å². The zero-order valence-corrected chi connectivity index (χ0v) is 22.6. The average molecular weight is 568 g/mol. The van der Waals surface area contributed by atoms with E-state index in [0.29, 0.717) is 38.3 Å². The number of aryl methyl sites for hydroxylation is 1. The van der Waals surface area contributed by atoms with Crippen LogP contribution in [0.3, 0.4) is 0 Å². The number of nitrogens with zero attached hydrogens (tertiary/aromatic N) is 3. The van der Waals surface area contributed by atoms with Crippen molar-refractivity contribution >= 4 is 38.3 Å². The molecular formula is C28H24ClF2N5O2S. The first-order chi connectivity index (χ1) is 18.5. The molecule has 11 heteroatoms. The molecule has 0 aliphatic rings. The van der Waals surface area contributed by atoms with Crippen molar-refractivity contribution in [1.29, 1.82) is 0 Å². The third kappa shape index (κ3) is 5.63. The second-order valence-corrected chi connectivity index (χ2v) is 11.4. The Kier molecular flexibility index (Phi) is 7.11. The molecule has 0 saturated heterocycles. The van der Waals surface area contributed by atoms with Gasteiger partial charge >= 0.3 is 0 Å². The molecule has 0 aliphatic heterocycles. The number of hydrogen-bond donors (Lipinski definition) is 2. The number of aromatic nitrogens is 3. The molecule has 2 aromatic heterocycles. The van der Waals surface area contributed by atoms with Crippen LogP contribution in [-0.4, -0.2) is 29.4 Å². The van der Waals surface area contributed by atoms with Crippen LogP contribution in [0.1, 0.15) is 17.3 Å². The summed E-state index contributed by atoms with van der Waals surface area (Å²) in [5.74, 6) is -1.29. The van der Waals surface area contributed by atoms with Gasteiger partial charge in [0, 0.05) is 36.0 Å². The molecular weight excluding hydrogens is 544 g/mol. The second-order valence-electron chi connectivity index (χ2n) is 9.28. The number of fused-ring (bicyclic) bond motifs is 1. The van der Waals surface area contributed by atoms with Gasteiger partial charge in [-0.2, -0.15) is 5.10 Å². The summed E-state index contributed by atoms with van der Waals surface area (Å²) in [5.41, 5.74) is 11.1. The number of halogens is 3. The van der Waals surface area contributed by atoms with Crippen LogP contribution >= 0.6 is 11.6 Å². The maximum atomic E-state index is 13.9. The van der Waals surface area contributed by atoms with Gasteiger partial charge in [-0.3, -0.25) is 14.4 Å². The summed E-state index contributed by atoms with van der Waals surface area (Å²) in [6.07, 6.45) is 2.86. The summed E-state index contributed by atoms with van der Waals surface area (Å²) < 4.78 is 55.7. The zero-order chi connectivity index (χ0) is 27.9. The van der Waals surface area contributed by atoms with Crippen molar-refractivity contribution in [3.8, 4) is 22.3 Å². The number of pyridine rings is 1. The molecule has 3 aromatic carbocycles. The van der Waals surface area contributed by atoms with Crippen LogP contribution in [-0.2, 0) is 23.5 Å². The van der Waals surface area contributed by atoms with Crippen LogP contribution in [0.15, 0.2) is 72.9 Å². The Bertz CT molecular complexity index is 1790. The van der Waals surface area contributed by atoms with Gasteiger partial charge in [-0.25, -0.2) is 17.2 Å². The summed E-state index contributed by atoms with van der Waals surface area (Å²) >= 11 is 6.53. The third-order valence-corrected chi connectivity index (χ3v) is 7.14. The van der Waals surface area contributed by atoms with Crippen LogP contribution in [0, 0.1) is 11.6 Å². The first-order valence-electron chi connectivity index (χ1n) is 11.9. The molecule has 0 unspecified atom stereocenters. The largest absolute Gasteiger partial charge is 0.322 e. The standard InChI is InChI=1S/C28H24ClF2N5O2S/c1-36-27-21(8-9-23(29)25(27)28(34-36)35-39(2,37)38)22-13-18(17-6-4-3-5-7-17)15-33-26(22)24(32)12-16-10-19(30)14-20(31)11-16/h3-11,13-15,24H,12,32H2,1-2H3,(H,34,35)/t24-/m0/s1. The molecule has 0 radical (unpaired) electrons. The van der Waals surface area contributed by atoms with Crippen molar-refractivity contribution in [3.05, 3.63) is 101 Å². The summed E-state index contributed by atoms with van der Waals surface area (Å²) in [5, 5.41) is 5.09. The minimum Gasteiger partial charge on any atom is -0.322 e. The normalized spacial score (nSPS) is 12.6. The van der Waals surface area contributed by atoms with Crippen molar-refractivity contribution in [2.75, 3.05) is 11.0 Å². The van der Waals surface area contributed by atoms with Crippen molar-refractivity contribution in [2.45, 2.75) is 12.5 Å². The van der Waals surface area contributed by atoms with Crippen molar-refractivity contribution in [1.82, 2.24) is 14.8 Å². The summed E-state index contributed by atoms with van der Waals surface area (Å²) in [4.78, 5) is 4.71. The van der Waals surface area contributed by atoms with Gasteiger partial charge in [0.1, 0.15) is 11.6 Å². The molecule has 5 rings (SSSR count). The molecule has 7 nitrogen and oxygen atoms in total. The highest BCUT2D eigenvalue weighted by Crippen LogP contribution is 2.40. The van der Waals surface area contributed by atoms with Gasteiger partial charge in [0.15, 0.2) is 5.82 Å². The Morgan fingerprint density at radius 3 is 2.36 bits per heavy atom. The third-order valence-electron chi connectivity index (χ3n) is 6.26. The van der Waals surface area contributed by atoms with Gasteiger partial charge in [-0.1, -0.05) is 48.0 Å². The maximum absolute atomic E-state index is 13.9. The Hall–Kier alpha value is -3.86. The molecule has 200 valence electrons. The van der Waals surface area contributed by atoms with E-state index < -0.39 is 27.7 Å². The molecule has 1 atom stereocenters. The second kappa shape index (κ2) is 10.4. The highest BCUT2D eigenvalue weighted by atomic mass is 35.5. The number of sulfonamides is 1. The van der Waals surface area contributed by atoms with E-state index >= 15 is 0 Å². The van der Waals surface area contributed by atoms with Crippen LogP contribution in [0.4, 0.5) is 14.6 Å². The lowest BCUT2D eigenvalue weighted by Crippen LogP contribution is -2.17. The average Bonchev–Trinajstić information content (AvgIpc) is 3.18. The predicted molar refractivity (Wildman–Crippen MR) is 150 cm³/mol. The zero-order valence-electron chi connectivity index (χ0n) is 21.0. The van der Waals surface area contributed by atoms with Crippen LogP contribution < -0.4 is 10.5 Å². The molecule has 0 bridgehead atoms. The summed E-state index contributed by atoms with van der Waals surface area (Å²) in [6, 6.07) is 17.6. The predicted octanol–water partition coefficient (Wildman–Crippen LogP) is 5.85. The lowest BCUT2D eigenvalue weighted by Gasteiger charge is -2.18. The van der Waals surface area contributed by atoms with Gasteiger partial charge in [-0.05, 0) is 41.8 Å². The lowest BCUT2D eigenvalue weighted by atomic mass is 9.92. The monoisotopic (exact) mass is 567 g/mol. The van der Waals surface area contributed by atoms with Gasteiger partial charge in [0.25, 0.3) is 0 Å². The van der Waals surface area contributed by atoms with E-state index in [4.69, 9.17) is 22.3 Å². The Morgan fingerprint density at radius 2 is 1.69 bits per heavy atom.